The lowest BCUT2D eigenvalue weighted by Gasteiger charge is -2.31. The number of allylic oxidation sites excluding steroid dienone is 8. The average Bonchev–Trinajstić information content (AvgIpc) is 3.04. The smallest absolute Gasteiger partial charge is 0.0271 e. The summed E-state index contributed by atoms with van der Waals surface area (Å²) in [6, 6.07) is 8.62. The van der Waals surface area contributed by atoms with E-state index in [2.05, 4.69) is 95.7 Å². The van der Waals surface area contributed by atoms with Gasteiger partial charge in [-0.1, -0.05) is 101 Å². The lowest BCUT2D eigenvalue weighted by Crippen LogP contribution is -2.24. The zero-order valence-corrected chi connectivity index (χ0v) is 17.5. The van der Waals surface area contributed by atoms with E-state index in [0.717, 1.165) is 42.7 Å². The average molecular weight is 361 g/mol. The molecule has 1 aromatic rings. The highest BCUT2D eigenvalue weighted by molar-refractivity contribution is 5.49. The highest BCUT2D eigenvalue weighted by atomic mass is 14.4. The van der Waals surface area contributed by atoms with Crippen LogP contribution in [0.3, 0.4) is 0 Å². The van der Waals surface area contributed by atoms with E-state index in [1.165, 1.54) is 11.1 Å². The molecule has 0 spiro atoms. The van der Waals surface area contributed by atoms with Gasteiger partial charge in [-0.3, -0.25) is 0 Å². The number of unbranched alkanes of at least 4 members (excludes halogenated alkanes) is 1. The third-order valence-electron chi connectivity index (χ3n) is 4.66. The fourth-order valence-electron chi connectivity index (χ4n) is 3.19. The predicted molar refractivity (Wildman–Crippen MR) is 123 cm³/mol. The molecule has 0 radical (unpaired) electrons. The molecule has 1 aliphatic rings. The van der Waals surface area contributed by atoms with Crippen molar-refractivity contribution in [3.05, 3.63) is 109 Å². The van der Waals surface area contributed by atoms with Gasteiger partial charge in [-0.25, -0.2) is 0 Å². The third-order valence-corrected chi connectivity index (χ3v) is 4.66. The Hall–Kier alpha value is -2.34. The van der Waals surface area contributed by atoms with E-state index in [1.54, 1.807) is 0 Å². The number of fused-ring (bicyclic) bond motifs is 1. The predicted octanol–water partition coefficient (Wildman–Crippen LogP) is 7.81. The van der Waals surface area contributed by atoms with E-state index in [0.29, 0.717) is 0 Å². The summed E-state index contributed by atoms with van der Waals surface area (Å²) >= 11 is 0. The molecule has 1 aliphatic carbocycles. The molecule has 0 saturated carbocycles. The Bertz CT molecular complexity index is 682. The molecule has 0 N–H and O–H groups in total. The maximum Gasteiger partial charge on any atom is 0.0271 e. The summed E-state index contributed by atoms with van der Waals surface area (Å²) in [6.45, 7) is 22.8. The second-order valence-corrected chi connectivity index (χ2v) is 7.84. The molecule has 0 saturated heterocycles. The van der Waals surface area contributed by atoms with Crippen molar-refractivity contribution in [2.45, 2.75) is 46.5 Å². The van der Waals surface area contributed by atoms with Gasteiger partial charge in [0.05, 0.1) is 0 Å². The quantitative estimate of drug-likeness (QED) is 0.252. The Balaban J connectivity index is 0.000000828. The summed E-state index contributed by atoms with van der Waals surface area (Å²) in [5, 5.41) is 0. The molecule has 144 valence electrons. The van der Waals surface area contributed by atoms with Gasteiger partial charge >= 0.3 is 0 Å². The molecular weight excluding hydrogens is 324 g/mol. The first-order valence-corrected chi connectivity index (χ1v) is 9.89. The molecule has 0 aromatic heterocycles. The first-order chi connectivity index (χ1) is 12.9. The monoisotopic (exact) mass is 360 g/mol. The van der Waals surface area contributed by atoms with Crippen molar-refractivity contribution in [1.29, 1.82) is 0 Å². The van der Waals surface area contributed by atoms with Crippen LogP contribution in [0.25, 0.3) is 0 Å². The second-order valence-electron chi connectivity index (χ2n) is 7.84. The molecule has 27 heavy (non-hydrogen) atoms. The SMILES string of the molecule is C=CCC/C=C\C=C/C(=C)C1(C(=C)C=C)Cc2ccccc2C1.CC(C)C. The van der Waals surface area contributed by atoms with E-state index in [1.807, 2.05) is 12.2 Å². The Kier molecular flexibility index (Phi) is 9.58. The van der Waals surface area contributed by atoms with Crippen LogP contribution < -0.4 is 0 Å². The van der Waals surface area contributed by atoms with Crippen LogP contribution in [0.1, 0.15) is 44.7 Å². The van der Waals surface area contributed by atoms with Crippen LogP contribution in [0.15, 0.2) is 98.2 Å². The topological polar surface area (TPSA) is 0 Å². The summed E-state index contributed by atoms with van der Waals surface area (Å²) in [7, 11) is 0. The van der Waals surface area contributed by atoms with Gasteiger partial charge in [-0.05, 0) is 53.9 Å². The van der Waals surface area contributed by atoms with Crippen LogP contribution in [-0.2, 0) is 12.8 Å². The maximum atomic E-state index is 4.35. The van der Waals surface area contributed by atoms with Crippen LogP contribution in [0.5, 0.6) is 0 Å². The van der Waals surface area contributed by atoms with E-state index >= 15 is 0 Å². The molecule has 0 amide bonds. The van der Waals surface area contributed by atoms with Crippen LogP contribution in [0, 0.1) is 11.3 Å². The summed E-state index contributed by atoms with van der Waals surface area (Å²) in [6.07, 6.45) is 16.2. The summed E-state index contributed by atoms with van der Waals surface area (Å²) in [4.78, 5) is 0. The largest absolute Gasteiger partial charge is 0.103 e. The molecule has 0 bridgehead atoms. The number of hydrogen-bond donors (Lipinski definition) is 0. The Morgan fingerprint density at radius 2 is 1.52 bits per heavy atom. The fraction of sp³-hybridized carbons (Fsp3) is 0.333. The standard InChI is InChI=1S/C23H26.C4H10/c1-5-7-8-9-10-11-14-20(4)23(19(3)6-2)17-21-15-12-13-16-22(21)18-23;1-4(2)3/h5-6,9-16H,1-4,7-8,17-18H2;4H,1-3H3/b10-9-,14-11-;. The van der Waals surface area contributed by atoms with E-state index in [9.17, 15) is 0 Å². The molecule has 0 unspecified atom stereocenters. The third kappa shape index (κ3) is 6.71. The van der Waals surface area contributed by atoms with Gasteiger partial charge < -0.3 is 0 Å². The Morgan fingerprint density at radius 3 is 2.00 bits per heavy atom. The minimum Gasteiger partial charge on any atom is -0.103 e. The lowest BCUT2D eigenvalue weighted by molar-refractivity contribution is 0.483. The Morgan fingerprint density at radius 1 is 0.963 bits per heavy atom. The Labute approximate surface area is 167 Å². The van der Waals surface area contributed by atoms with Crippen molar-refractivity contribution in [3.8, 4) is 0 Å². The van der Waals surface area contributed by atoms with Gasteiger partial charge in [0.25, 0.3) is 0 Å². The van der Waals surface area contributed by atoms with Crippen molar-refractivity contribution < 1.29 is 0 Å². The maximum absolute atomic E-state index is 4.35. The highest BCUT2D eigenvalue weighted by Crippen LogP contribution is 2.47. The van der Waals surface area contributed by atoms with Crippen molar-refractivity contribution in [2.75, 3.05) is 0 Å². The van der Waals surface area contributed by atoms with Crippen LogP contribution in [0.2, 0.25) is 0 Å². The van der Waals surface area contributed by atoms with Gasteiger partial charge in [0.15, 0.2) is 0 Å². The number of rotatable bonds is 8. The van der Waals surface area contributed by atoms with Crippen LogP contribution >= 0.6 is 0 Å². The first-order valence-electron chi connectivity index (χ1n) is 9.89. The van der Waals surface area contributed by atoms with Crippen LogP contribution in [-0.4, -0.2) is 0 Å². The first kappa shape index (κ1) is 22.7. The van der Waals surface area contributed by atoms with Gasteiger partial charge in [0, 0.05) is 5.41 Å². The van der Waals surface area contributed by atoms with E-state index < -0.39 is 0 Å². The van der Waals surface area contributed by atoms with Gasteiger partial charge in [-0.15, -0.1) is 6.58 Å². The van der Waals surface area contributed by atoms with E-state index in [4.69, 9.17) is 0 Å². The van der Waals surface area contributed by atoms with E-state index in [-0.39, 0.29) is 5.41 Å². The van der Waals surface area contributed by atoms with Gasteiger partial charge in [-0.2, -0.15) is 0 Å². The molecule has 1 aromatic carbocycles. The molecule has 0 aliphatic heterocycles. The van der Waals surface area contributed by atoms with Gasteiger partial charge in [0.1, 0.15) is 0 Å². The molecular formula is C27H36. The molecule has 0 heteroatoms. The summed E-state index contributed by atoms with van der Waals surface area (Å²) < 4.78 is 0. The highest BCUT2D eigenvalue weighted by Gasteiger charge is 2.39. The molecule has 0 atom stereocenters. The number of benzene rings is 1. The minimum atomic E-state index is -0.128. The normalized spacial score (nSPS) is 14.7. The zero-order chi connectivity index (χ0) is 20.3. The molecule has 0 fully saturated rings. The van der Waals surface area contributed by atoms with Gasteiger partial charge in [0.2, 0.25) is 0 Å². The van der Waals surface area contributed by atoms with Crippen molar-refractivity contribution in [1.82, 2.24) is 0 Å². The van der Waals surface area contributed by atoms with Crippen LogP contribution in [0.4, 0.5) is 0 Å². The second kappa shape index (κ2) is 11.4. The summed E-state index contributed by atoms with van der Waals surface area (Å²) in [5.41, 5.74) is 4.82. The number of hydrogen-bond acceptors (Lipinski definition) is 0. The van der Waals surface area contributed by atoms with Crippen molar-refractivity contribution in [2.24, 2.45) is 11.3 Å². The molecule has 0 nitrogen and oxygen atoms in total. The molecule has 2 rings (SSSR count). The zero-order valence-electron chi connectivity index (χ0n) is 17.5. The summed E-state index contributed by atoms with van der Waals surface area (Å²) in [5.74, 6) is 0.833. The van der Waals surface area contributed by atoms with Crippen molar-refractivity contribution in [3.63, 3.8) is 0 Å². The molecule has 0 heterocycles. The minimum absolute atomic E-state index is 0.128. The fourth-order valence-corrected chi connectivity index (χ4v) is 3.19. The lowest BCUT2D eigenvalue weighted by atomic mass is 9.72. The van der Waals surface area contributed by atoms with Crippen molar-refractivity contribution >= 4 is 0 Å².